The van der Waals surface area contributed by atoms with Crippen molar-refractivity contribution in [1.29, 1.82) is 0 Å². The van der Waals surface area contributed by atoms with Crippen LogP contribution in [-0.4, -0.2) is 37.5 Å². The lowest BCUT2D eigenvalue weighted by atomic mass is 9.86. The van der Waals surface area contributed by atoms with Gasteiger partial charge in [-0.15, -0.1) is 0 Å². The van der Waals surface area contributed by atoms with Crippen LogP contribution in [0.3, 0.4) is 0 Å². The van der Waals surface area contributed by atoms with Crippen molar-refractivity contribution in [1.82, 2.24) is 0 Å². The predicted octanol–water partition coefficient (Wildman–Crippen LogP) is 2.10. The summed E-state index contributed by atoms with van der Waals surface area (Å²) < 4.78 is 15.7. The van der Waals surface area contributed by atoms with E-state index in [4.69, 9.17) is 14.2 Å². The number of hydrogen-bond acceptors (Lipinski definition) is 5. The van der Waals surface area contributed by atoms with Crippen LogP contribution in [0.1, 0.15) is 25.5 Å². The van der Waals surface area contributed by atoms with Gasteiger partial charge in [0.1, 0.15) is 0 Å². The number of methoxy groups -OCH3 is 3. The van der Waals surface area contributed by atoms with Crippen LogP contribution in [0.2, 0.25) is 0 Å². The van der Waals surface area contributed by atoms with Gasteiger partial charge >= 0.3 is 5.97 Å². The van der Waals surface area contributed by atoms with Crippen molar-refractivity contribution in [2.45, 2.75) is 20.0 Å². The highest BCUT2D eigenvalue weighted by atomic mass is 16.5. The van der Waals surface area contributed by atoms with Gasteiger partial charge in [-0.2, -0.15) is 0 Å². The van der Waals surface area contributed by atoms with E-state index in [2.05, 4.69) is 0 Å². The molecule has 1 rings (SSSR count). The number of carboxylic acids is 1. The zero-order chi connectivity index (χ0) is 16.2. The number of carbonyl (C=O) groups is 1. The SMILES string of the molecule is COc1ccc(C(O)C(C(=O)O)C(C)C)c(OC)c1OC. The summed E-state index contributed by atoms with van der Waals surface area (Å²) in [7, 11) is 4.37. The molecule has 1 aromatic carbocycles. The molecule has 0 saturated carbocycles. The van der Waals surface area contributed by atoms with Gasteiger partial charge < -0.3 is 24.4 Å². The second kappa shape index (κ2) is 7.17. The molecule has 0 spiro atoms. The summed E-state index contributed by atoms with van der Waals surface area (Å²) >= 11 is 0. The Bertz CT molecular complexity index is 497. The molecule has 0 aromatic heterocycles. The normalized spacial score (nSPS) is 13.7. The molecule has 0 heterocycles. The minimum atomic E-state index is -1.21. The molecule has 2 N–H and O–H groups in total. The average molecular weight is 298 g/mol. The quantitative estimate of drug-likeness (QED) is 0.802. The van der Waals surface area contributed by atoms with Crippen molar-refractivity contribution in [3.63, 3.8) is 0 Å². The zero-order valence-corrected chi connectivity index (χ0v) is 12.9. The smallest absolute Gasteiger partial charge is 0.309 e. The topological polar surface area (TPSA) is 85.2 Å². The largest absolute Gasteiger partial charge is 0.493 e. The van der Waals surface area contributed by atoms with Gasteiger partial charge in [-0.05, 0) is 18.1 Å². The first-order chi connectivity index (χ1) is 9.88. The highest BCUT2D eigenvalue weighted by Gasteiger charge is 2.34. The lowest BCUT2D eigenvalue weighted by molar-refractivity contribution is -0.148. The summed E-state index contributed by atoms with van der Waals surface area (Å²) in [6, 6.07) is 3.20. The molecule has 0 aliphatic heterocycles. The van der Waals surface area contributed by atoms with Gasteiger partial charge in [0.2, 0.25) is 5.75 Å². The minimum absolute atomic E-state index is 0.240. The highest BCUT2D eigenvalue weighted by Crippen LogP contribution is 2.44. The number of aliphatic hydroxyl groups is 1. The van der Waals surface area contributed by atoms with Crippen LogP contribution in [0.15, 0.2) is 12.1 Å². The van der Waals surface area contributed by atoms with Crippen molar-refractivity contribution in [3.8, 4) is 17.2 Å². The number of carboxylic acid groups (broad SMARTS) is 1. The summed E-state index contributed by atoms with van der Waals surface area (Å²) in [4.78, 5) is 11.4. The molecule has 0 bridgehead atoms. The van der Waals surface area contributed by atoms with Gasteiger partial charge in [0.25, 0.3) is 0 Å². The molecule has 1 aromatic rings. The summed E-state index contributed by atoms with van der Waals surface area (Å²) in [6.45, 7) is 3.49. The van der Waals surface area contributed by atoms with Gasteiger partial charge in [0.15, 0.2) is 11.5 Å². The summed E-state index contributed by atoms with van der Waals surface area (Å²) in [5, 5.41) is 19.8. The zero-order valence-electron chi connectivity index (χ0n) is 12.9. The monoisotopic (exact) mass is 298 g/mol. The van der Waals surface area contributed by atoms with E-state index in [0.717, 1.165) is 0 Å². The van der Waals surface area contributed by atoms with E-state index in [1.165, 1.54) is 21.3 Å². The maximum absolute atomic E-state index is 11.4. The molecule has 0 radical (unpaired) electrons. The summed E-state index contributed by atoms with van der Waals surface area (Å²) in [5.41, 5.74) is 0.358. The fourth-order valence-electron chi connectivity index (χ4n) is 2.34. The van der Waals surface area contributed by atoms with E-state index in [0.29, 0.717) is 17.1 Å². The highest BCUT2D eigenvalue weighted by molar-refractivity contribution is 5.72. The van der Waals surface area contributed by atoms with Gasteiger partial charge in [0, 0.05) is 5.56 Å². The first kappa shape index (κ1) is 17.1. The van der Waals surface area contributed by atoms with Crippen molar-refractivity contribution < 1.29 is 29.2 Å². The Morgan fingerprint density at radius 3 is 2.00 bits per heavy atom. The van der Waals surface area contributed by atoms with Crippen LogP contribution in [0.25, 0.3) is 0 Å². The Hall–Kier alpha value is -1.95. The maximum atomic E-state index is 11.4. The van der Waals surface area contributed by atoms with Crippen LogP contribution in [0, 0.1) is 11.8 Å². The Morgan fingerprint density at radius 1 is 1.05 bits per heavy atom. The number of ether oxygens (including phenoxy) is 3. The van der Waals surface area contributed by atoms with E-state index in [1.807, 2.05) is 0 Å². The van der Waals surface area contributed by atoms with Crippen molar-refractivity contribution in [2.75, 3.05) is 21.3 Å². The van der Waals surface area contributed by atoms with Crippen molar-refractivity contribution >= 4 is 5.97 Å². The molecule has 6 heteroatoms. The van der Waals surface area contributed by atoms with Crippen LogP contribution < -0.4 is 14.2 Å². The van der Waals surface area contributed by atoms with Gasteiger partial charge in [-0.25, -0.2) is 0 Å². The first-order valence-electron chi connectivity index (χ1n) is 6.58. The summed E-state index contributed by atoms with van der Waals surface area (Å²) in [5.74, 6) is -1.20. The van der Waals surface area contributed by atoms with Crippen LogP contribution in [-0.2, 0) is 4.79 Å². The van der Waals surface area contributed by atoms with E-state index >= 15 is 0 Å². The molecular formula is C15H22O6. The molecule has 0 fully saturated rings. The molecule has 6 nitrogen and oxygen atoms in total. The first-order valence-corrected chi connectivity index (χ1v) is 6.58. The second-order valence-corrected chi connectivity index (χ2v) is 4.98. The van der Waals surface area contributed by atoms with E-state index in [9.17, 15) is 15.0 Å². The molecule has 0 saturated heterocycles. The molecule has 0 aliphatic carbocycles. The third kappa shape index (κ3) is 3.39. The van der Waals surface area contributed by atoms with E-state index in [-0.39, 0.29) is 11.7 Å². The molecule has 0 aliphatic rings. The maximum Gasteiger partial charge on any atom is 0.309 e. The fraction of sp³-hybridized carbons (Fsp3) is 0.533. The van der Waals surface area contributed by atoms with Crippen molar-refractivity contribution in [3.05, 3.63) is 17.7 Å². The van der Waals surface area contributed by atoms with E-state index in [1.54, 1.807) is 26.0 Å². The number of aliphatic carboxylic acids is 1. The van der Waals surface area contributed by atoms with Crippen LogP contribution in [0.4, 0.5) is 0 Å². The molecule has 118 valence electrons. The van der Waals surface area contributed by atoms with Gasteiger partial charge in [0.05, 0.1) is 33.4 Å². The molecule has 21 heavy (non-hydrogen) atoms. The molecule has 2 unspecified atom stereocenters. The van der Waals surface area contributed by atoms with Crippen LogP contribution in [0.5, 0.6) is 17.2 Å². The molecule has 0 amide bonds. The third-order valence-electron chi connectivity index (χ3n) is 3.40. The standard InChI is InChI=1S/C15H22O6/c1-8(2)11(15(17)18)12(16)9-6-7-10(19-3)14(21-5)13(9)20-4/h6-8,11-12,16H,1-5H3,(H,17,18). The van der Waals surface area contributed by atoms with Gasteiger partial charge in [-0.1, -0.05) is 13.8 Å². The van der Waals surface area contributed by atoms with Crippen molar-refractivity contribution in [2.24, 2.45) is 11.8 Å². The Labute approximate surface area is 124 Å². The molecular weight excluding hydrogens is 276 g/mol. The van der Waals surface area contributed by atoms with Gasteiger partial charge in [-0.3, -0.25) is 4.79 Å². The predicted molar refractivity (Wildman–Crippen MR) is 77.0 cm³/mol. The number of benzene rings is 1. The summed E-state index contributed by atoms with van der Waals surface area (Å²) in [6.07, 6.45) is -1.21. The lowest BCUT2D eigenvalue weighted by Gasteiger charge is -2.25. The molecule has 2 atom stereocenters. The fourth-order valence-corrected chi connectivity index (χ4v) is 2.34. The van der Waals surface area contributed by atoms with Crippen LogP contribution >= 0.6 is 0 Å². The Kier molecular flexibility index (Phi) is 5.84. The lowest BCUT2D eigenvalue weighted by Crippen LogP contribution is -2.27. The number of hydrogen-bond donors (Lipinski definition) is 2. The third-order valence-corrected chi connectivity index (χ3v) is 3.40. The minimum Gasteiger partial charge on any atom is -0.493 e. The van der Waals surface area contributed by atoms with E-state index < -0.39 is 18.0 Å². The average Bonchev–Trinajstić information content (AvgIpc) is 2.44. The Balaban J connectivity index is 3.38. The number of aliphatic hydroxyl groups excluding tert-OH is 1. The Morgan fingerprint density at radius 2 is 1.62 bits per heavy atom. The second-order valence-electron chi connectivity index (χ2n) is 4.98. The number of rotatable bonds is 7.